The number of aliphatic hydroxyl groups excluding tert-OH is 1. The van der Waals surface area contributed by atoms with Gasteiger partial charge in [-0.2, -0.15) is 0 Å². The van der Waals surface area contributed by atoms with Crippen LogP contribution in [0.2, 0.25) is 0 Å². The standard InChI is InChI=1S/C11H15N5O3/c12-10-9(16(18)19)11(14-5-13-10)15-3-6-1-2-8(17)7(6)4-15/h5-8,17H,1-4H2,(H2,12,13,14). The molecule has 1 aromatic heterocycles. The summed E-state index contributed by atoms with van der Waals surface area (Å²) in [6, 6.07) is 0. The molecule has 19 heavy (non-hydrogen) atoms. The molecule has 2 aliphatic rings. The van der Waals surface area contributed by atoms with E-state index < -0.39 is 4.92 Å². The summed E-state index contributed by atoms with van der Waals surface area (Å²) in [5.74, 6) is 0.702. The highest BCUT2D eigenvalue weighted by Crippen LogP contribution is 2.41. The minimum Gasteiger partial charge on any atom is -0.393 e. The van der Waals surface area contributed by atoms with Gasteiger partial charge in [0.2, 0.25) is 11.6 Å². The molecule has 1 aromatic rings. The summed E-state index contributed by atoms with van der Waals surface area (Å²) in [6.07, 6.45) is 2.70. The predicted molar refractivity (Wildman–Crippen MR) is 67.5 cm³/mol. The fourth-order valence-corrected chi connectivity index (χ4v) is 3.20. The lowest BCUT2D eigenvalue weighted by Crippen LogP contribution is -2.26. The van der Waals surface area contributed by atoms with E-state index in [1.165, 1.54) is 6.33 Å². The average Bonchev–Trinajstić information content (AvgIpc) is 2.91. The van der Waals surface area contributed by atoms with E-state index in [0.29, 0.717) is 19.0 Å². The van der Waals surface area contributed by atoms with Gasteiger partial charge in [0.1, 0.15) is 6.33 Å². The maximum absolute atomic E-state index is 11.1. The number of fused-ring (bicyclic) bond motifs is 1. The van der Waals surface area contributed by atoms with E-state index in [-0.39, 0.29) is 29.3 Å². The van der Waals surface area contributed by atoms with E-state index in [9.17, 15) is 15.2 Å². The van der Waals surface area contributed by atoms with Crippen LogP contribution in [0.1, 0.15) is 12.8 Å². The van der Waals surface area contributed by atoms with Crippen LogP contribution in [-0.2, 0) is 0 Å². The summed E-state index contributed by atoms with van der Waals surface area (Å²) >= 11 is 0. The van der Waals surface area contributed by atoms with Gasteiger partial charge < -0.3 is 15.7 Å². The Labute approximate surface area is 109 Å². The quantitative estimate of drug-likeness (QED) is 0.578. The molecule has 2 heterocycles. The van der Waals surface area contributed by atoms with Gasteiger partial charge in [-0.1, -0.05) is 0 Å². The van der Waals surface area contributed by atoms with Crippen molar-refractivity contribution in [3.05, 3.63) is 16.4 Å². The van der Waals surface area contributed by atoms with Crippen LogP contribution in [0, 0.1) is 22.0 Å². The fourth-order valence-electron chi connectivity index (χ4n) is 3.20. The highest BCUT2D eigenvalue weighted by Gasteiger charge is 2.43. The van der Waals surface area contributed by atoms with E-state index in [1.807, 2.05) is 4.90 Å². The maximum Gasteiger partial charge on any atom is 0.353 e. The Morgan fingerprint density at radius 1 is 1.42 bits per heavy atom. The molecule has 3 atom stereocenters. The first-order valence-electron chi connectivity index (χ1n) is 6.25. The van der Waals surface area contributed by atoms with Crippen molar-refractivity contribution < 1.29 is 10.0 Å². The molecule has 8 heteroatoms. The molecule has 1 saturated heterocycles. The molecule has 1 aliphatic carbocycles. The minimum absolute atomic E-state index is 0.118. The second-order valence-electron chi connectivity index (χ2n) is 5.16. The van der Waals surface area contributed by atoms with Gasteiger partial charge in [0, 0.05) is 19.0 Å². The van der Waals surface area contributed by atoms with E-state index in [0.717, 1.165) is 12.8 Å². The zero-order valence-corrected chi connectivity index (χ0v) is 10.3. The number of nitrogens with two attached hydrogens (primary N) is 1. The smallest absolute Gasteiger partial charge is 0.353 e. The Morgan fingerprint density at radius 2 is 2.21 bits per heavy atom. The molecular weight excluding hydrogens is 250 g/mol. The Hall–Kier alpha value is -1.96. The fraction of sp³-hybridized carbons (Fsp3) is 0.636. The maximum atomic E-state index is 11.1. The van der Waals surface area contributed by atoms with Gasteiger partial charge in [-0.3, -0.25) is 10.1 Å². The van der Waals surface area contributed by atoms with Crippen molar-refractivity contribution in [3.63, 3.8) is 0 Å². The van der Waals surface area contributed by atoms with Gasteiger partial charge in [0.05, 0.1) is 11.0 Å². The number of nitrogens with zero attached hydrogens (tertiary/aromatic N) is 4. The van der Waals surface area contributed by atoms with E-state index >= 15 is 0 Å². The Morgan fingerprint density at radius 3 is 2.89 bits per heavy atom. The number of anilines is 2. The SMILES string of the molecule is Nc1ncnc(N2CC3CCC(O)C3C2)c1[N+](=O)[O-]. The minimum atomic E-state index is -0.546. The Bertz CT molecular complexity index is 523. The van der Waals surface area contributed by atoms with Crippen LogP contribution in [0.15, 0.2) is 6.33 Å². The molecule has 8 nitrogen and oxygen atoms in total. The van der Waals surface area contributed by atoms with Gasteiger partial charge >= 0.3 is 5.69 Å². The zero-order chi connectivity index (χ0) is 13.6. The predicted octanol–water partition coefficient (Wildman–Crippen LogP) is 0.174. The van der Waals surface area contributed by atoms with Crippen LogP contribution in [0.3, 0.4) is 0 Å². The number of nitro groups is 1. The molecule has 0 spiro atoms. The number of hydrogen-bond donors (Lipinski definition) is 2. The third kappa shape index (κ3) is 1.88. The number of hydrogen-bond acceptors (Lipinski definition) is 7. The molecule has 3 rings (SSSR count). The summed E-state index contributed by atoms with van der Waals surface area (Å²) in [6.45, 7) is 1.27. The van der Waals surface area contributed by atoms with Gasteiger partial charge in [-0.25, -0.2) is 9.97 Å². The van der Waals surface area contributed by atoms with Crippen molar-refractivity contribution in [2.24, 2.45) is 11.8 Å². The highest BCUT2D eigenvalue weighted by atomic mass is 16.6. The summed E-state index contributed by atoms with van der Waals surface area (Å²) in [5, 5.41) is 21.0. The van der Waals surface area contributed by atoms with Crippen molar-refractivity contribution in [3.8, 4) is 0 Å². The van der Waals surface area contributed by atoms with Crippen LogP contribution in [0.4, 0.5) is 17.3 Å². The van der Waals surface area contributed by atoms with Crippen LogP contribution >= 0.6 is 0 Å². The molecule has 0 aromatic carbocycles. The summed E-state index contributed by atoms with van der Waals surface area (Å²) in [5.41, 5.74) is 5.33. The number of rotatable bonds is 2. The third-order valence-electron chi connectivity index (χ3n) is 4.13. The van der Waals surface area contributed by atoms with Gasteiger partial charge in [-0.05, 0) is 18.8 Å². The monoisotopic (exact) mass is 265 g/mol. The lowest BCUT2D eigenvalue weighted by atomic mass is 10.00. The Kier molecular flexibility index (Phi) is 2.74. The largest absolute Gasteiger partial charge is 0.393 e. The van der Waals surface area contributed by atoms with E-state index in [1.54, 1.807) is 0 Å². The molecular formula is C11H15N5O3. The van der Waals surface area contributed by atoms with Crippen LogP contribution in [-0.4, -0.2) is 39.2 Å². The number of aromatic nitrogens is 2. The van der Waals surface area contributed by atoms with Crippen LogP contribution in [0.25, 0.3) is 0 Å². The zero-order valence-electron chi connectivity index (χ0n) is 10.3. The van der Waals surface area contributed by atoms with Crippen molar-refractivity contribution in [2.75, 3.05) is 23.7 Å². The van der Waals surface area contributed by atoms with Gasteiger partial charge in [0.25, 0.3) is 0 Å². The lowest BCUT2D eigenvalue weighted by molar-refractivity contribution is -0.383. The topological polar surface area (TPSA) is 118 Å². The second-order valence-corrected chi connectivity index (χ2v) is 5.16. The molecule has 0 bridgehead atoms. The molecule has 3 N–H and O–H groups in total. The molecule has 2 fully saturated rings. The first kappa shape index (κ1) is 12.1. The molecule has 102 valence electrons. The van der Waals surface area contributed by atoms with Crippen molar-refractivity contribution in [2.45, 2.75) is 18.9 Å². The Balaban J connectivity index is 1.92. The van der Waals surface area contributed by atoms with Gasteiger partial charge in [-0.15, -0.1) is 0 Å². The van der Waals surface area contributed by atoms with Gasteiger partial charge in [0.15, 0.2) is 0 Å². The number of nitrogen functional groups attached to an aromatic ring is 1. The lowest BCUT2D eigenvalue weighted by Gasteiger charge is -2.19. The summed E-state index contributed by atoms with van der Waals surface area (Å²) < 4.78 is 0. The average molecular weight is 265 g/mol. The molecule has 0 amide bonds. The third-order valence-corrected chi connectivity index (χ3v) is 4.13. The van der Waals surface area contributed by atoms with E-state index in [4.69, 9.17) is 5.73 Å². The van der Waals surface area contributed by atoms with Crippen LogP contribution < -0.4 is 10.6 Å². The highest BCUT2D eigenvalue weighted by molar-refractivity contribution is 5.68. The normalized spacial score (nSPS) is 29.5. The van der Waals surface area contributed by atoms with E-state index in [2.05, 4.69) is 9.97 Å². The van der Waals surface area contributed by atoms with Crippen molar-refractivity contribution in [1.82, 2.24) is 9.97 Å². The second kappa shape index (κ2) is 4.30. The van der Waals surface area contributed by atoms with Crippen molar-refractivity contribution in [1.29, 1.82) is 0 Å². The van der Waals surface area contributed by atoms with Crippen molar-refractivity contribution >= 4 is 17.3 Å². The van der Waals surface area contributed by atoms with Crippen LogP contribution in [0.5, 0.6) is 0 Å². The molecule has 1 aliphatic heterocycles. The molecule has 3 unspecified atom stereocenters. The summed E-state index contributed by atoms with van der Waals surface area (Å²) in [4.78, 5) is 20.0. The first-order chi connectivity index (χ1) is 9.08. The first-order valence-corrected chi connectivity index (χ1v) is 6.25. The number of aliphatic hydroxyl groups is 1. The molecule has 0 radical (unpaired) electrons. The summed E-state index contributed by atoms with van der Waals surface area (Å²) in [7, 11) is 0. The molecule has 1 saturated carbocycles.